The average molecular weight is 417 g/mol. The van der Waals surface area contributed by atoms with Crippen LogP contribution < -0.4 is 5.32 Å². The molecular weight excluding hydrogens is 388 g/mol. The van der Waals surface area contributed by atoms with Gasteiger partial charge in [-0.25, -0.2) is 0 Å². The van der Waals surface area contributed by atoms with Crippen molar-refractivity contribution in [2.75, 3.05) is 0 Å². The van der Waals surface area contributed by atoms with Crippen LogP contribution >= 0.6 is 12.2 Å². The fourth-order valence-corrected chi connectivity index (χ4v) is 5.47. The lowest BCUT2D eigenvalue weighted by atomic mass is 9.92. The van der Waals surface area contributed by atoms with Crippen LogP contribution in [0.5, 0.6) is 0 Å². The molecule has 2 fully saturated rings. The zero-order valence-electron chi connectivity index (χ0n) is 17.4. The monoisotopic (exact) mass is 416 g/mol. The van der Waals surface area contributed by atoms with Crippen LogP contribution in [-0.2, 0) is 0 Å². The third-order valence-electron chi connectivity index (χ3n) is 6.47. The van der Waals surface area contributed by atoms with Crippen molar-refractivity contribution >= 4 is 17.3 Å². The Morgan fingerprint density at radius 3 is 2.63 bits per heavy atom. The molecule has 1 aromatic carbocycles. The second kappa shape index (κ2) is 8.23. The molecule has 154 valence electrons. The molecule has 30 heavy (non-hydrogen) atoms. The van der Waals surface area contributed by atoms with Gasteiger partial charge in [-0.3, -0.25) is 4.98 Å². The summed E-state index contributed by atoms with van der Waals surface area (Å²) in [4.78, 5) is 7.17. The number of thiocarbonyl (C=S) groups is 1. The molecule has 1 N–H and O–H groups in total. The number of hydrogen-bond donors (Lipinski definition) is 1. The number of hydrogen-bond acceptors (Lipinski definition) is 2. The summed E-state index contributed by atoms with van der Waals surface area (Å²) in [6.45, 7) is 2.14. The van der Waals surface area contributed by atoms with Crippen LogP contribution in [0.1, 0.15) is 61.1 Å². The third-order valence-corrected chi connectivity index (χ3v) is 6.80. The van der Waals surface area contributed by atoms with E-state index in [1.165, 1.54) is 49.0 Å². The minimum Gasteiger partial charge on any atom is -0.352 e. The summed E-state index contributed by atoms with van der Waals surface area (Å²) in [6.07, 6.45) is 10.3. The van der Waals surface area contributed by atoms with Crippen LogP contribution in [0, 0.1) is 6.92 Å². The average Bonchev–Trinajstić information content (AvgIpc) is 3.39. The fourth-order valence-electron chi connectivity index (χ4n) is 5.08. The fraction of sp³-hybridized carbons (Fsp3) is 0.360. The van der Waals surface area contributed by atoms with Gasteiger partial charge in [0.15, 0.2) is 5.11 Å². The van der Waals surface area contributed by atoms with Crippen molar-refractivity contribution in [1.82, 2.24) is 19.8 Å². The van der Waals surface area contributed by atoms with Crippen molar-refractivity contribution in [3.63, 3.8) is 0 Å². The lowest BCUT2D eigenvalue weighted by molar-refractivity contribution is 0.193. The molecule has 1 aliphatic carbocycles. The van der Waals surface area contributed by atoms with E-state index in [-0.39, 0.29) is 12.1 Å². The second-order valence-corrected chi connectivity index (χ2v) is 8.85. The van der Waals surface area contributed by atoms with E-state index in [0.717, 1.165) is 10.8 Å². The van der Waals surface area contributed by atoms with E-state index in [1.807, 2.05) is 12.3 Å². The summed E-state index contributed by atoms with van der Waals surface area (Å²) in [5, 5.41) is 4.49. The molecule has 2 aliphatic rings. The molecule has 5 heteroatoms. The molecule has 0 amide bonds. The van der Waals surface area contributed by atoms with Crippen molar-refractivity contribution in [2.45, 2.75) is 57.2 Å². The highest BCUT2D eigenvalue weighted by molar-refractivity contribution is 7.80. The van der Waals surface area contributed by atoms with E-state index in [9.17, 15) is 0 Å². The van der Waals surface area contributed by atoms with E-state index in [2.05, 4.69) is 76.4 Å². The van der Waals surface area contributed by atoms with Crippen LogP contribution in [0.2, 0.25) is 0 Å². The summed E-state index contributed by atoms with van der Waals surface area (Å²) in [6, 6.07) is 19.9. The first kappa shape index (κ1) is 19.3. The van der Waals surface area contributed by atoms with Gasteiger partial charge < -0.3 is 14.8 Å². The molecule has 1 aliphatic heterocycles. The SMILES string of the molecule is Cc1cccc(-n2cccc2[C@H]2[C@H](c3ccccn3)NC(=S)N2C2CCCCC2)c1. The molecule has 5 rings (SSSR count). The Morgan fingerprint density at radius 2 is 1.87 bits per heavy atom. The molecule has 3 heterocycles. The van der Waals surface area contributed by atoms with Gasteiger partial charge >= 0.3 is 0 Å². The van der Waals surface area contributed by atoms with E-state index in [1.54, 1.807) is 0 Å². The Morgan fingerprint density at radius 1 is 1.00 bits per heavy atom. The van der Waals surface area contributed by atoms with Crippen molar-refractivity contribution in [1.29, 1.82) is 0 Å². The van der Waals surface area contributed by atoms with Crippen LogP contribution in [-0.4, -0.2) is 25.6 Å². The molecule has 1 saturated heterocycles. The summed E-state index contributed by atoms with van der Waals surface area (Å²) in [5.41, 5.74) is 4.75. The Kier molecular flexibility index (Phi) is 5.30. The van der Waals surface area contributed by atoms with Gasteiger partial charge in [0.1, 0.15) is 0 Å². The second-order valence-electron chi connectivity index (χ2n) is 8.47. The molecular formula is C25H28N4S. The maximum Gasteiger partial charge on any atom is 0.170 e. The molecule has 0 bridgehead atoms. The van der Waals surface area contributed by atoms with Gasteiger partial charge in [0.05, 0.1) is 17.8 Å². The summed E-state index contributed by atoms with van der Waals surface area (Å²) in [5.74, 6) is 0. The molecule has 4 nitrogen and oxygen atoms in total. The molecule has 3 aromatic rings. The van der Waals surface area contributed by atoms with Crippen LogP contribution in [0.25, 0.3) is 5.69 Å². The van der Waals surface area contributed by atoms with Crippen LogP contribution in [0.3, 0.4) is 0 Å². The highest BCUT2D eigenvalue weighted by Crippen LogP contribution is 2.43. The van der Waals surface area contributed by atoms with E-state index < -0.39 is 0 Å². The number of rotatable bonds is 4. The molecule has 1 saturated carbocycles. The quantitative estimate of drug-likeness (QED) is 0.571. The number of aryl methyl sites for hydroxylation is 1. The Bertz CT molecular complexity index is 1020. The summed E-state index contributed by atoms with van der Waals surface area (Å²) in [7, 11) is 0. The van der Waals surface area contributed by atoms with Gasteiger partial charge in [0.25, 0.3) is 0 Å². The lowest BCUT2D eigenvalue weighted by Gasteiger charge is -2.37. The Balaban J connectivity index is 1.61. The molecule has 2 aromatic heterocycles. The van der Waals surface area contributed by atoms with E-state index in [0.29, 0.717) is 6.04 Å². The highest BCUT2D eigenvalue weighted by atomic mass is 32.1. The first-order chi connectivity index (χ1) is 14.7. The first-order valence-corrected chi connectivity index (χ1v) is 11.4. The minimum absolute atomic E-state index is 0.0408. The summed E-state index contributed by atoms with van der Waals surface area (Å²) >= 11 is 5.91. The lowest BCUT2D eigenvalue weighted by Crippen LogP contribution is -2.40. The van der Waals surface area contributed by atoms with Gasteiger partial charge in [-0.15, -0.1) is 0 Å². The van der Waals surface area contributed by atoms with Gasteiger partial charge in [-0.2, -0.15) is 0 Å². The summed E-state index contributed by atoms with van der Waals surface area (Å²) < 4.78 is 2.32. The number of aromatic nitrogens is 2. The molecule has 0 unspecified atom stereocenters. The third kappa shape index (κ3) is 3.52. The number of nitrogens with zero attached hydrogens (tertiary/aromatic N) is 3. The van der Waals surface area contributed by atoms with Gasteiger partial charge in [0, 0.05) is 29.8 Å². The standard InChI is InChI=1S/C25H28N4S/c1-18-9-7-12-20(17-18)28-16-8-14-22(28)24-23(21-13-5-6-15-26-21)27-25(30)29(24)19-10-3-2-4-11-19/h5-9,12-17,19,23-24H,2-4,10-11H2,1H3,(H,27,30)/t23-,24-/m0/s1. The highest BCUT2D eigenvalue weighted by Gasteiger charge is 2.44. The maximum absolute atomic E-state index is 5.91. The molecule has 2 atom stereocenters. The normalized spacial score (nSPS) is 22.3. The predicted molar refractivity (Wildman–Crippen MR) is 125 cm³/mol. The zero-order chi connectivity index (χ0) is 20.5. The van der Waals surface area contributed by atoms with Crippen LogP contribution in [0.15, 0.2) is 67.0 Å². The minimum atomic E-state index is 0.0408. The van der Waals surface area contributed by atoms with Crippen molar-refractivity contribution < 1.29 is 0 Å². The number of benzene rings is 1. The Labute approximate surface area is 183 Å². The smallest absolute Gasteiger partial charge is 0.170 e. The van der Waals surface area contributed by atoms with E-state index >= 15 is 0 Å². The van der Waals surface area contributed by atoms with Crippen molar-refractivity contribution in [2.24, 2.45) is 0 Å². The Hall–Kier alpha value is -2.66. The zero-order valence-corrected chi connectivity index (χ0v) is 18.2. The molecule has 0 radical (unpaired) electrons. The number of pyridine rings is 1. The van der Waals surface area contributed by atoms with Gasteiger partial charge in [0.2, 0.25) is 0 Å². The first-order valence-electron chi connectivity index (χ1n) is 11.0. The maximum atomic E-state index is 5.91. The van der Waals surface area contributed by atoms with E-state index in [4.69, 9.17) is 17.2 Å². The largest absolute Gasteiger partial charge is 0.352 e. The molecule has 0 spiro atoms. The van der Waals surface area contributed by atoms with Gasteiger partial charge in [-0.05, 0) is 73.9 Å². The van der Waals surface area contributed by atoms with Crippen LogP contribution in [0.4, 0.5) is 0 Å². The number of nitrogens with one attached hydrogen (secondary N) is 1. The van der Waals surface area contributed by atoms with Crippen molar-refractivity contribution in [3.8, 4) is 5.69 Å². The van der Waals surface area contributed by atoms with Crippen molar-refractivity contribution in [3.05, 3.63) is 83.9 Å². The predicted octanol–water partition coefficient (Wildman–Crippen LogP) is 5.49. The topological polar surface area (TPSA) is 33.1 Å². The van der Waals surface area contributed by atoms with Gasteiger partial charge in [-0.1, -0.05) is 37.5 Å².